The largest absolute Gasteiger partial charge is 0.476 e. The van der Waals surface area contributed by atoms with Crippen molar-refractivity contribution in [2.75, 3.05) is 17.4 Å². The molecule has 1 aliphatic carbocycles. The molecule has 2 aliphatic rings. The number of nitrogens with one attached hydrogen (secondary N) is 1. The fourth-order valence-corrected chi connectivity index (χ4v) is 5.65. The molecule has 4 rings (SSSR count). The number of ether oxygens (including phenoxy) is 1. The molecular formula is C22H25ClN2O4S. The summed E-state index contributed by atoms with van der Waals surface area (Å²) >= 11 is 5.91. The molecule has 1 atom stereocenters. The van der Waals surface area contributed by atoms with Crippen LogP contribution in [0.15, 0.2) is 53.4 Å². The predicted octanol–water partition coefficient (Wildman–Crippen LogP) is 3.99. The molecule has 1 heterocycles. The summed E-state index contributed by atoms with van der Waals surface area (Å²) in [5.74, 6) is 0.568. The van der Waals surface area contributed by atoms with Crippen LogP contribution in [-0.2, 0) is 14.8 Å². The first-order valence-corrected chi connectivity index (χ1v) is 12.1. The molecule has 2 aromatic carbocycles. The van der Waals surface area contributed by atoms with E-state index in [1.165, 1.54) is 47.8 Å². The van der Waals surface area contributed by atoms with E-state index in [4.69, 9.17) is 16.3 Å². The van der Waals surface area contributed by atoms with E-state index in [0.717, 1.165) is 12.8 Å². The SMILES string of the molecule is O=C(NCC1CCCCC1)C1CN(S(=O)(=O)c2ccc(Cl)cc2)c2ccccc2O1. The lowest BCUT2D eigenvalue weighted by molar-refractivity contribution is -0.128. The van der Waals surface area contributed by atoms with Crippen LogP contribution in [0.3, 0.4) is 0 Å². The maximum atomic E-state index is 13.3. The number of anilines is 1. The number of halogens is 1. The van der Waals surface area contributed by atoms with Gasteiger partial charge in [-0.15, -0.1) is 0 Å². The first kappa shape index (κ1) is 21.0. The van der Waals surface area contributed by atoms with Crippen molar-refractivity contribution in [2.24, 2.45) is 5.92 Å². The Bertz CT molecular complexity index is 1000. The summed E-state index contributed by atoms with van der Waals surface area (Å²) in [4.78, 5) is 12.9. The Kier molecular flexibility index (Phi) is 6.20. The van der Waals surface area contributed by atoms with Crippen molar-refractivity contribution in [1.29, 1.82) is 0 Å². The van der Waals surface area contributed by atoms with Gasteiger partial charge in [-0.2, -0.15) is 0 Å². The third-order valence-electron chi connectivity index (χ3n) is 5.72. The second-order valence-corrected chi connectivity index (χ2v) is 10.1. The fourth-order valence-electron chi connectivity index (χ4n) is 4.05. The lowest BCUT2D eigenvalue weighted by Crippen LogP contribution is -2.51. The van der Waals surface area contributed by atoms with Crippen LogP contribution in [0.25, 0.3) is 0 Å². The standard InChI is InChI=1S/C22H25ClN2O4S/c23-17-10-12-18(13-11-17)30(27,28)25-15-21(29-20-9-5-4-8-19(20)25)22(26)24-14-16-6-2-1-3-7-16/h4-5,8-13,16,21H,1-3,6-7,14-15H2,(H,24,26). The second kappa shape index (κ2) is 8.86. The number of para-hydroxylation sites is 2. The predicted molar refractivity (Wildman–Crippen MR) is 116 cm³/mol. The maximum absolute atomic E-state index is 13.3. The maximum Gasteiger partial charge on any atom is 0.264 e. The second-order valence-electron chi connectivity index (χ2n) is 7.81. The zero-order valence-corrected chi connectivity index (χ0v) is 18.2. The van der Waals surface area contributed by atoms with Crippen molar-refractivity contribution in [3.63, 3.8) is 0 Å². The van der Waals surface area contributed by atoms with Crippen LogP contribution in [0, 0.1) is 5.92 Å². The topological polar surface area (TPSA) is 75.7 Å². The molecule has 1 amide bonds. The van der Waals surface area contributed by atoms with Crippen LogP contribution >= 0.6 is 11.6 Å². The van der Waals surface area contributed by atoms with Crippen LogP contribution < -0.4 is 14.4 Å². The molecule has 0 saturated heterocycles. The summed E-state index contributed by atoms with van der Waals surface area (Å²) in [5, 5.41) is 3.42. The van der Waals surface area contributed by atoms with Crippen LogP contribution in [0.5, 0.6) is 5.75 Å². The summed E-state index contributed by atoms with van der Waals surface area (Å²) < 4.78 is 33.8. The Labute approximate surface area is 182 Å². The van der Waals surface area contributed by atoms with Crippen molar-refractivity contribution in [2.45, 2.75) is 43.1 Å². The molecule has 0 aromatic heterocycles. The summed E-state index contributed by atoms with van der Waals surface area (Å²) in [6.07, 6.45) is 4.97. The van der Waals surface area contributed by atoms with Gasteiger partial charge in [0.25, 0.3) is 15.9 Å². The quantitative estimate of drug-likeness (QED) is 0.750. The molecule has 8 heteroatoms. The highest BCUT2D eigenvalue weighted by atomic mass is 35.5. The number of rotatable bonds is 5. The number of fused-ring (bicyclic) bond motifs is 1. The van der Waals surface area contributed by atoms with Gasteiger partial charge in [0.1, 0.15) is 5.75 Å². The van der Waals surface area contributed by atoms with Crippen molar-refractivity contribution in [3.8, 4) is 5.75 Å². The average Bonchev–Trinajstić information content (AvgIpc) is 2.77. The molecule has 0 radical (unpaired) electrons. The van der Waals surface area contributed by atoms with Crippen LogP contribution in [0.4, 0.5) is 5.69 Å². The number of carbonyl (C=O) groups excluding carboxylic acids is 1. The molecule has 1 aliphatic heterocycles. The van der Waals surface area contributed by atoms with Crippen LogP contribution in [0.1, 0.15) is 32.1 Å². The summed E-state index contributed by atoms with van der Waals surface area (Å²) in [6, 6.07) is 12.9. The van der Waals surface area contributed by atoms with Gasteiger partial charge in [0.05, 0.1) is 17.1 Å². The van der Waals surface area contributed by atoms with E-state index in [1.54, 1.807) is 24.3 Å². The van der Waals surface area contributed by atoms with Crippen molar-refractivity contribution >= 4 is 33.2 Å². The minimum Gasteiger partial charge on any atom is -0.476 e. The summed E-state index contributed by atoms with van der Waals surface area (Å²) in [7, 11) is -3.88. The van der Waals surface area contributed by atoms with E-state index in [9.17, 15) is 13.2 Å². The van der Waals surface area contributed by atoms with E-state index in [2.05, 4.69) is 5.32 Å². The molecule has 6 nitrogen and oxygen atoms in total. The number of amides is 1. The minimum atomic E-state index is -3.88. The van der Waals surface area contributed by atoms with E-state index < -0.39 is 16.1 Å². The number of carbonyl (C=O) groups is 1. The zero-order valence-electron chi connectivity index (χ0n) is 16.6. The first-order chi connectivity index (χ1) is 14.4. The van der Waals surface area contributed by atoms with E-state index in [-0.39, 0.29) is 17.3 Å². The molecule has 160 valence electrons. The zero-order chi connectivity index (χ0) is 21.1. The van der Waals surface area contributed by atoms with Crippen molar-refractivity contribution < 1.29 is 17.9 Å². The van der Waals surface area contributed by atoms with E-state index in [0.29, 0.717) is 28.9 Å². The number of benzene rings is 2. The third kappa shape index (κ3) is 4.42. The number of nitrogens with zero attached hydrogens (tertiary/aromatic N) is 1. The molecule has 1 unspecified atom stereocenters. The Morgan fingerprint density at radius 3 is 2.50 bits per heavy atom. The Morgan fingerprint density at radius 1 is 1.07 bits per heavy atom. The third-order valence-corrected chi connectivity index (χ3v) is 7.76. The van der Waals surface area contributed by atoms with E-state index in [1.807, 2.05) is 0 Å². The van der Waals surface area contributed by atoms with E-state index >= 15 is 0 Å². The monoisotopic (exact) mass is 448 g/mol. The minimum absolute atomic E-state index is 0.0848. The lowest BCUT2D eigenvalue weighted by atomic mass is 9.89. The van der Waals surface area contributed by atoms with Gasteiger partial charge in [-0.05, 0) is 55.2 Å². The molecule has 0 spiro atoms. The number of hydrogen-bond donors (Lipinski definition) is 1. The highest BCUT2D eigenvalue weighted by Gasteiger charge is 2.37. The number of sulfonamides is 1. The summed E-state index contributed by atoms with van der Waals surface area (Å²) in [6.45, 7) is 0.517. The highest BCUT2D eigenvalue weighted by molar-refractivity contribution is 7.92. The molecule has 30 heavy (non-hydrogen) atoms. The normalized spacial score (nSPS) is 19.6. The van der Waals surface area contributed by atoms with Crippen LogP contribution in [0.2, 0.25) is 5.02 Å². The molecule has 0 bridgehead atoms. The summed E-state index contributed by atoms with van der Waals surface area (Å²) in [5.41, 5.74) is 0.420. The smallest absolute Gasteiger partial charge is 0.264 e. The Hall–Kier alpha value is -2.25. The molecule has 1 N–H and O–H groups in total. The van der Waals surface area contributed by atoms with Gasteiger partial charge in [0.15, 0.2) is 6.10 Å². The Morgan fingerprint density at radius 2 is 1.77 bits per heavy atom. The lowest BCUT2D eigenvalue weighted by Gasteiger charge is -2.35. The number of hydrogen-bond acceptors (Lipinski definition) is 4. The molecular weight excluding hydrogens is 424 g/mol. The van der Waals surface area contributed by atoms with Gasteiger partial charge in [-0.3, -0.25) is 9.10 Å². The highest BCUT2D eigenvalue weighted by Crippen LogP contribution is 2.37. The Balaban J connectivity index is 1.56. The van der Waals surface area contributed by atoms with Crippen molar-refractivity contribution in [1.82, 2.24) is 5.32 Å². The van der Waals surface area contributed by atoms with Gasteiger partial charge in [-0.25, -0.2) is 8.42 Å². The van der Waals surface area contributed by atoms with Crippen LogP contribution in [-0.4, -0.2) is 33.5 Å². The van der Waals surface area contributed by atoms with Gasteiger partial charge in [0, 0.05) is 11.6 Å². The van der Waals surface area contributed by atoms with Gasteiger partial charge < -0.3 is 10.1 Å². The van der Waals surface area contributed by atoms with Crippen molar-refractivity contribution in [3.05, 3.63) is 53.6 Å². The fraction of sp³-hybridized carbons (Fsp3) is 0.409. The first-order valence-electron chi connectivity index (χ1n) is 10.3. The average molecular weight is 449 g/mol. The molecule has 1 saturated carbocycles. The molecule has 1 fully saturated rings. The molecule has 2 aromatic rings. The van der Waals surface area contributed by atoms with Gasteiger partial charge in [0.2, 0.25) is 0 Å². The van der Waals surface area contributed by atoms with Gasteiger partial charge >= 0.3 is 0 Å². The van der Waals surface area contributed by atoms with Gasteiger partial charge in [-0.1, -0.05) is 43.0 Å².